The van der Waals surface area contributed by atoms with E-state index in [4.69, 9.17) is 9.84 Å². The van der Waals surface area contributed by atoms with Gasteiger partial charge in [0.25, 0.3) is 0 Å². The number of benzene rings is 3. The first-order chi connectivity index (χ1) is 15.2. The van der Waals surface area contributed by atoms with E-state index in [1.165, 1.54) is 5.56 Å². The second-order valence-electron chi connectivity index (χ2n) is 7.74. The molecule has 0 saturated heterocycles. The summed E-state index contributed by atoms with van der Waals surface area (Å²) in [6.45, 7) is 2.10. The highest BCUT2D eigenvalue weighted by Crippen LogP contribution is 2.30. The molecule has 154 valence electrons. The van der Waals surface area contributed by atoms with Gasteiger partial charge in [-0.15, -0.1) is 0 Å². The maximum absolute atomic E-state index is 5.27. The summed E-state index contributed by atoms with van der Waals surface area (Å²) in [6.07, 6.45) is 0.790. The van der Waals surface area contributed by atoms with E-state index in [1.54, 1.807) is 7.11 Å². The summed E-state index contributed by atoms with van der Waals surface area (Å²) in [5, 5.41) is 9.59. The molecular formula is C26H24N4O. The molecule has 5 nitrogen and oxygen atoms in total. The Kier molecular flexibility index (Phi) is 5.00. The highest BCUT2D eigenvalue weighted by atomic mass is 16.5. The Labute approximate surface area is 182 Å². The van der Waals surface area contributed by atoms with Gasteiger partial charge in [0.15, 0.2) is 0 Å². The fraction of sp³-hybridized carbons (Fsp3) is 0.154. The van der Waals surface area contributed by atoms with E-state index in [-0.39, 0.29) is 6.04 Å². The Morgan fingerprint density at radius 1 is 0.903 bits per heavy atom. The number of methoxy groups -OCH3 is 1. The number of aromatic nitrogens is 2. The van der Waals surface area contributed by atoms with E-state index in [1.807, 2.05) is 47.1 Å². The number of ether oxygens (including phenoxy) is 1. The molecule has 0 amide bonds. The van der Waals surface area contributed by atoms with Gasteiger partial charge in [-0.1, -0.05) is 48.0 Å². The first kappa shape index (κ1) is 19.1. The van der Waals surface area contributed by atoms with Crippen LogP contribution in [0.25, 0.3) is 16.9 Å². The lowest BCUT2D eigenvalue weighted by molar-refractivity contribution is 0.415. The zero-order chi connectivity index (χ0) is 21.2. The Hall–Kier alpha value is -3.86. The summed E-state index contributed by atoms with van der Waals surface area (Å²) < 4.78 is 7.30. The minimum atomic E-state index is 0.0454. The summed E-state index contributed by atoms with van der Waals surface area (Å²) in [6, 6.07) is 29.0. The second-order valence-corrected chi connectivity index (χ2v) is 7.74. The molecule has 0 bridgehead atoms. The van der Waals surface area contributed by atoms with E-state index < -0.39 is 0 Å². The van der Waals surface area contributed by atoms with Gasteiger partial charge in [0.1, 0.15) is 5.75 Å². The normalized spacial score (nSPS) is 15.4. The molecule has 2 heterocycles. The van der Waals surface area contributed by atoms with Gasteiger partial charge >= 0.3 is 0 Å². The van der Waals surface area contributed by atoms with Crippen LogP contribution in [0.3, 0.4) is 0 Å². The summed E-state index contributed by atoms with van der Waals surface area (Å²) in [4.78, 5) is 0. The van der Waals surface area contributed by atoms with Crippen LogP contribution >= 0.6 is 0 Å². The molecule has 5 rings (SSSR count). The van der Waals surface area contributed by atoms with Crippen molar-refractivity contribution in [2.75, 3.05) is 7.11 Å². The van der Waals surface area contributed by atoms with Crippen molar-refractivity contribution < 1.29 is 4.74 Å². The molecule has 1 atom stereocenters. The molecule has 0 saturated carbocycles. The average Bonchev–Trinajstić information content (AvgIpc) is 3.48. The molecule has 1 aliphatic rings. The van der Waals surface area contributed by atoms with Crippen molar-refractivity contribution in [1.82, 2.24) is 15.2 Å². The third-order valence-electron chi connectivity index (χ3n) is 5.62. The number of nitrogens with zero attached hydrogens (tertiary/aromatic N) is 3. The number of hydrazone groups is 1. The first-order valence-corrected chi connectivity index (χ1v) is 10.4. The Bertz CT molecular complexity index is 1210. The Balaban J connectivity index is 1.48. The molecule has 0 aliphatic carbocycles. The van der Waals surface area contributed by atoms with Gasteiger partial charge in [0.2, 0.25) is 0 Å². The van der Waals surface area contributed by atoms with Gasteiger partial charge in [0, 0.05) is 12.0 Å². The molecule has 0 fully saturated rings. The van der Waals surface area contributed by atoms with E-state index in [9.17, 15) is 0 Å². The van der Waals surface area contributed by atoms with Crippen molar-refractivity contribution in [2.45, 2.75) is 19.4 Å². The SMILES string of the molecule is COc1ccc(C2=NNC(c3cc(-c4ccc(C)cc4)nn3-c3ccccc3)C2)cc1. The highest BCUT2D eigenvalue weighted by molar-refractivity contribution is 6.01. The molecule has 1 N–H and O–H groups in total. The molecule has 1 unspecified atom stereocenters. The third-order valence-corrected chi connectivity index (χ3v) is 5.62. The fourth-order valence-corrected chi connectivity index (χ4v) is 3.86. The van der Waals surface area contributed by atoms with E-state index in [2.05, 4.69) is 59.9 Å². The van der Waals surface area contributed by atoms with Crippen LogP contribution in [-0.4, -0.2) is 22.6 Å². The molecular weight excluding hydrogens is 384 g/mol. The van der Waals surface area contributed by atoms with Crippen molar-refractivity contribution >= 4 is 5.71 Å². The molecule has 4 aromatic rings. The number of rotatable bonds is 5. The van der Waals surface area contributed by atoms with Gasteiger partial charge in [0.05, 0.1) is 35.9 Å². The predicted octanol–water partition coefficient (Wildman–Crippen LogP) is 5.30. The van der Waals surface area contributed by atoms with Crippen LogP contribution in [0.15, 0.2) is 90.0 Å². The van der Waals surface area contributed by atoms with E-state index in [0.717, 1.165) is 46.1 Å². The van der Waals surface area contributed by atoms with Crippen LogP contribution in [0.5, 0.6) is 5.75 Å². The summed E-state index contributed by atoms with van der Waals surface area (Å²) in [5.74, 6) is 0.844. The summed E-state index contributed by atoms with van der Waals surface area (Å²) >= 11 is 0. The van der Waals surface area contributed by atoms with Crippen molar-refractivity contribution in [1.29, 1.82) is 0 Å². The molecule has 0 radical (unpaired) electrons. The lowest BCUT2D eigenvalue weighted by Gasteiger charge is -2.13. The molecule has 31 heavy (non-hydrogen) atoms. The minimum Gasteiger partial charge on any atom is -0.497 e. The maximum atomic E-state index is 5.27. The Morgan fingerprint density at radius 2 is 1.61 bits per heavy atom. The molecule has 3 aromatic carbocycles. The standard InChI is InChI=1S/C26H24N4O/c1-18-8-10-20(11-9-18)24-17-26(30(29-24)21-6-4-3-5-7-21)25-16-23(27-28-25)19-12-14-22(31-2)15-13-19/h3-15,17,25,28H,16H2,1-2H3. The number of para-hydroxylation sites is 1. The van der Waals surface area contributed by atoms with Gasteiger partial charge in [-0.2, -0.15) is 10.2 Å². The third kappa shape index (κ3) is 3.82. The number of hydrogen-bond acceptors (Lipinski definition) is 4. The predicted molar refractivity (Wildman–Crippen MR) is 124 cm³/mol. The number of hydrogen-bond donors (Lipinski definition) is 1. The van der Waals surface area contributed by atoms with Crippen molar-refractivity contribution in [3.63, 3.8) is 0 Å². The highest BCUT2D eigenvalue weighted by Gasteiger charge is 2.26. The zero-order valence-corrected chi connectivity index (χ0v) is 17.6. The summed E-state index contributed by atoms with van der Waals surface area (Å²) in [7, 11) is 1.68. The zero-order valence-electron chi connectivity index (χ0n) is 17.6. The summed E-state index contributed by atoms with van der Waals surface area (Å²) in [5.41, 5.74) is 10.9. The van der Waals surface area contributed by atoms with Gasteiger partial charge in [-0.05, 0) is 55.0 Å². The number of aryl methyl sites for hydroxylation is 1. The monoisotopic (exact) mass is 408 g/mol. The molecule has 1 aromatic heterocycles. The first-order valence-electron chi connectivity index (χ1n) is 10.4. The second kappa shape index (κ2) is 8.11. The lowest BCUT2D eigenvalue weighted by atomic mass is 10.0. The quantitative estimate of drug-likeness (QED) is 0.488. The van der Waals surface area contributed by atoms with Gasteiger partial charge < -0.3 is 10.2 Å². The van der Waals surface area contributed by atoms with Gasteiger partial charge in [-0.25, -0.2) is 4.68 Å². The lowest BCUT2D eigenvalue weighted by Crippen LogP contribution is -2.15. The van der Waals surface area contributed by atoms with Crippen LogP contribution in [0, 0.1) is 6.92 Å². The molecule has 0 spiro atoms. The van der Waals surface area contributed by atoms with Crippen LogP contribution in [-0.2, 0) is 0 Å². The smallest absolute Gasteiger partial charge is 0.118 e. The Morgan fingerprint density at radius 3 is 2.32 bits per heavy atom. The van der Waals surface area contributed by atoms with Crippen LogP contribution in [0.4, 0.5) is 0 Å². The molecule has 5 heteroatoms. The van der Waals surface area contributed by atoms with Crippen LogP contribution < -0.4 is 10.2 Å². The average molecular weight is 409 g/mol. The topological polar surface area (TPSA) is 51.4 Å². The maximum Gasteiger partial charge on any atom is 0.118 e. The van der Waals surface area contributed by atoms with Crippen molar-refractivity contribution in [3.05, 3.63) is 102 Å². The van der Waals surface area contributed by atoms with Crippen LogP contribution in [0.2, 0.25) is 0 Å². The van der Waals surface area contributed by atoms with E-state index in [0.29, 0.717) is 0 Å². The van der Waals surface area contributed by atoms with Crippen molar-refractivity contribution in [2.24, 2.45) is 5.10 Å². The minimum absolute atomic E-state index is 0.0454. The van der Waals surface area contributed by atoms with Gasteiger partial charge in [-0.3, -0.25) is 0 Å². The fourth-order valence-electron chi connectivity index (χ4n) is 3.86. The number of nitrogens with one attached hydrogen (secondary N) is 1. The van der Waals surface area contributed by atoms with Crippen LogP contribution in [0.1, 0.15) is 29.3 Å². The molecule has 1 aliphatic heterocycles. The largest absolute Gasteiger partial charge is 0.497 e. The van der Waals surface area contributed by atoms with Crippen molar-refractivity contribution in [3.8, 4) is 22.7 Å². The van der Waals surface area contributed by atoms with E-state index >= 15 is 0 Å².